The van der Waals surface area contributed by atoms with Crippen LogP contribution in [-0.2, 0) is 0 Å². The largest absolute Gasteiger partial charge is 0.569 e. The highest BCUT2D eigenvalue weighted by atomic mass is 16.5. The van der Waals surface area contributed by atoms with Crippen LogP contribution in [0.25, 0.3) is 27.5 Å². The van der Waals surface area contributed by atoms with Crippen LogP contribution >= 0.6 is 0 Å². The lowest BCUT2D eigenvalue weighted by Gasteiger charge is -2.08. The molecule has 0 saturated carbocycles. The van der Waals surface area contributed by atoms with Gasteiger partial charge in [0.1, 0.15) is 5.75 Å². The zero-order valence-electron chi connectivity index (χ0n) is 13.5. The van der Waals surface area contributed by atoms with Gasteiger partial charge in [-0.2, -0.15) is 10.5 Å². The number of benzene rings is 3. The Morgan fingerprint density at radius 2 is 1.42 bits per heavy atom. The molecular formula is C20H11BN3O2. The molecule has 1 N–H and O–H groups in total. The molecule has 5 nitrogen and oxygen atoms in total. The number of nitriles is 2. The quantitative estimate of drug-likeness (QED) is 0.581. The highest BCUT2D eigenvalue weighted by molar-refractivity contribution is 6.17. The standard InChI is InChI=1S/C20H11BN3O2/c22-11-13-1-4-15(5-2-13)24-19-7-3-14(12-23)9-17(19)18-10-16(26-21-25)6-8-20(18)24/h1-10,25H. The van der Waals surface area contributed by atoms with E-state index in [0.717, 1.165) is 27.5 Å². The highest BCUT2D eigenvalue weighted by Crippen LogP contribution is 2.34. The molecule has 0 spiro atoms. The van der Waals surface area contributed by atoms with Gasteiger partial charge in [0, 0.05) is 16.5 Å². The zero-order chi connectivity index (χ0) is 18.1. The summed E-state index contributed by atoms with van der Waals surface area (Å²) in [4.78, 5) is 0. The Balaban J connectivity index is 2.06. The van der Waals surface area contributed by atoms with Crippen LogP contribution < -0.4 is 4.65 Å². The molecule has 4 aromatic rings. The fourth-order valence-corrected chi connectivity index (χ4v) is 3.17. The van der Waals surface area contributed by atoms with Gasteiger partial charge in [0.2, 0.25) is 0 Å². The number of fused-ring (bicyclic) bond motifs is 3. The first-order chi connectivity index (χ1) is 12.7. The zero-order valence-corrected chi connectivity index (χ0v) is 13.5. The van der Waals surface area contributed by atoms with E-state index in [1.165, 1.54) is 0 Å². The van der Waals surface area contributed by atoms with Crippen molar-refractivity contribution in [3.63, 3.8) is 0 Å². The first kappa shape index (κ1) is 15.8. The van der Waals surface area contributed by atoms with Gasteiger partial charge in [-0.15, -0.1) is 0 Å². The lowest BCUT2D eigenvalue weighted by molar-refractivity contribution is 0.454. The average Bonchev–Trinajstić information content (AvgIpc) is 3.01. The minimum atomic E-state index is 0.501. The van der Waals surface area contributed by atoms with E-state index < -0.39 is 0 Å². The summed E-state index contributed by atoms with van der Waals surface area (Å²) in [5.41, 5.74) is 3.95. The molecular weight excluding hydrogens is 325 g/mol. The van der Waals surface area contributed by atoms with Gasteiger partial charge in [-0.1, -0.05) is 0 Å². The van der Waals surface area contributed by atoms with E-state index in [9.17, 15) is 5.26 Å². The van der Waals surface area contributed by atoms with E-state index in [2.05, 4.69) is 16.7 Å². The van der Waals surface area contributed by atoms with Crippen molar-refractivity contribution >= 4 is 29.5 Å². The fraction of sp³-hybridized carbons (Fsp3) is 0. The van der Waals surface area contributed by atoms with Crippen molar-refractivity contribution in [1.29, 1.82) is 10.5 Å². The van der Waals surface area contributed by atoms with Gasteiger partial charge in [0.25, 0.3) is 0 Å². The molecule has 0 aliphatic heterocycles. The van der Waals surface area contributed by atoms with Gasteiger partial charge < -0.3 is 14.2 Å². The SMILES string of the molecule is N#Cc1ccc(-n2c3ccc(C#N)cc3c3cc(O[B]O)ccc32)cc1. The molecule has 0 amide bonds. The lowest BCUT2D eigenvalue weighted by atomic mass is 10.1. The van der Waals surface area contributed by atoms with E-state index in [1.807, 2.05) is 36.4 Å². The molecule has 1 aromatic heterocycles. The van der Waals surface area contributed by atoms with Crippen LogP contribution in [0.4, 0.5) is 0 Å². The van der Waals surface area contributed by atoms with Crippen LogP contribution in [0, 0.1) is 22.7 Å². The van der Waals surface area contributed by atoms with E-state index in [1.54, 1.807) is 24.3 Å². The third kappa shape index (κ3) is 2.46. The third-order valence-corrected chi connectivity index (χ3v) is 4.31. The number of hydrogen-bond donors (Lipinski definition) is 1. The molecule has 1 radical (unpaired) electrons. The maximum Gasteiger partial charge on any atom is 0.569 e. The lowest BCUT2D eigenvalue weighted by Crippen LogP contribution is -1.99. The second kappa shape index (κ2) is 6.29. The summed E-state index contributed by atoms with van der Waals surface area (Å²) in [5.74, 6) is 0.501. The first-order valence-corrected chi connectivity index (χ1v) is 7.86. The minimum absolute atomic E-state index is 0.501. The topological polar surface area (TPSA) is 82.0 Å². The van der Waals surface area contributed by atoms with Crippen molar-refractivity contribution in [3.05, 3.63) is 71.8 Å². The van der Waals surface area contributed by atoms with Gasteiger partial charge >= 0.3 is 7.69 Å². The highest BCUT2D eigenvalue weighted by Gasteiger charge is 2.14. The predicted molar refractivity (Wildman–Crippen MR) is 98.8 cm³/mol. The maximum absolute atomic E-state index is 9.24. The molecule has 0 atom stereocenters. The normalized spacial score (nSPS) is 10.4. The van der Waals surface area contributed by atoms with Gasteiger partial charge in [-0.05, 0) is 60.7 Å². The Morgan fingerprint density at radius 3 is 2.08 bits per heavy atom. The molecule has 4 rings (SSSR count). The van der Waals surface area contributed by atoms with Crippen LogP contribution in [0.1, 0.15) is 11.1 Å². The van der Waals surface area contributed by atoms with Gasteiger partial charge in [0.15, 0.2) is 0 Å². The van der Waals surface area contributed by atoms with Crippen molar-refractivity contribution in [2.75, 3.05) is 0 Å². The Bertz CT molecular complexity index is 1210. The van der Waals surface area contributed by atoms with E-state index in [-0.39, 0.29) is 0 Å². The summed E-state index contributed by atoms with van der Waals surface area (Å²) in [5, 5.41) is 29.0. The smallest absolute Gasteiger partial charge is 0.537 e. The van der Waals surface area contributed by atoms with Crippen molar-refractivity contribution in [2.24, 2.45) is 0 Å². The second-order valence-electron chi connectivity index (χ2n) is 5.74. The third-order valence-electron chi connectivity index (χ3n) is 4.31. The Hall–Kier alpha value is -3.74. The number of nitrogens with zero attached hydrogens (tertiary/aromatic N) is 3. The molecule has 0 saturated heterocycles. The molecule has 6 heteroatoms. The first-order valence-electron chi connectivity index (χ1n) is 7.86. The summed E-state index contributed by atoms with van der Waals surface area (Å²) in [6.45, 7) is 0. The van der Waals surface area contributed by atoms with Gasteiger partial charge in [0.05, 0.1) is 34.3 Å². The molecule has 1 heterocycles. The van der Waals surface area contributed by atoms with E-state index in [4.69, 9.17) is 14.9 Å². The summed E-state index contributed by atoms with van der Waals surface area (Å²) >= 11 is 0. The van der Waals surface area contributed by atoms with E-state index in [0.29, 0.717) is 24.6 Å². The monoisotopic (exact) mass is 336 g/mol. The van der Waals surface area contributed by atoms with Crippen molar-refractivity contribution in [1.82, 2.24) is 4.57 Å². The second-order valence-corrected chi connectivity index (χ2v) is 5.74. The van der Waals surface area contributed by atoms with Gasteiger partial charge in [-0.3, -0.25) is 0 Å². The van der Waals surface area contributed by atoms with Crippen LogP contribution in [0.15, 0.2) is 60.7 Å². The molecule has 26 heavy (non-hydrogen) atoms. The summed E-state index contributed by atoms with van der Waals surface area (Å²) in [6, 6.07) is 22.6. The molecule has 0 aliphatic carbocycles. The molecule has 0 aliphatic rings. The van der Waals surface area contributed by atoms with Crippen LogP contribution in [0.3, 0.4) is 0 Å². The Labute approximate surface area is 150 Å². The van der Waals surface area contributed by atoms with Gasteiger partial charge in [-0.25, -0.2) is 0 Å². The summed E-state index contributed by atoms with van der Waals surface area (Å²) < 4.78 is 7.15. The summed E-state index contributed by atoms with van der Waals surface area (Å²) in [6.07, 6.45) is 0. The number of hydrogen-bond acceptors (Lipinski definition) is 4. The van der Waals surface area contributed by atoms with Crippen molar-refractivity contribution < 1.29 is 9.68 Å². The fourth-order valence-electron chi connectivity index (χ4n) is 3.17. The minimum Gasteiger partial charge on any atom is -0.537 e. The molecule has 0 fully saturated rings. The van der Waals surface area contributed by atoms with E-state index >= 15 is 0 Å². The summed E-state index contributed by atoms with van der Waals surface area (Å²) in [7, 11) is 0.641. The van der Waals surface area contributed by atoms with Crippen LogP contribution in [0.2, 0.25) is 0 Å². The number of aromatic nitrogens is 1. The van der Waals surface area contributed by atoms with Crippen LogP contribution in [-0.4, -0.2) is 17.3 Å². The van der Waals surface area contributed by atoms with Crippen molar-refractivity contribution in [3.8, 4) is 23.6 Å². The average molecular weight is 336 g/mol. The molecule has 3 aromatic carbocycles. The predicted octanol–water partition coefficient (Wildman–Crippen LogP) is 3.43. The molecule has 121 valence electrons. The maximum atomic E-state index is 9.24. The number of rotatable bonds is 3. The Kier molecular flexibility index (Phi) is 3.81. The molecule has 0 bridgehead atoms. The molecule has 0 unspecified atom stereocenters. The Morgan fingerprint density at radius 1 is 0.808 bits per heavy atom. The van der Waals surface area contributed by atoms with Crippen molar-refractivity contribution in [2.45, 2.75) is 0 Å². The van der Waals surface area contributed by atoms with Crippen LogP contribution in [0.5, 0.6) is 5.75 Å².